The summed E-state index contributed by atoms with van der Waals surface area (Å²) in [4.78, 5) is 60.5. The highest BCUT2D eigenvalue weighted by Crippen LogP contribution is 2.35. The number of anilines is 3. The topological polar surface area (TPSA) is 132 Å². The predicted octanol–water partition coefficient (Wildman–Crippen LogP) is 4.91. The van der Waals surface area contributed by atoms with Gasteiger partial charge in [-0.05, 0) is 80.4 Å². The van der Waals surface area contributed by atoms with E-state index in [4.69, 9.17) is 9.97 Å². The molecule has 4 aliphatic rings. The third kappa shape index (κ3) is 7.83. The van der Waals surface area contributed by atoms with Crippen molar-refractivity contribution in [1.29, 1.82) is 0 Å². The lowest BCUT2D eigenvalue weighted by atomic mass is 9.84. The van der Waals surface area contributed by atoms with E-state index in [9.17, 15) is 14.4 Å². The average Bonchev–Trinajstić information content (AvgIpc) is 3.86. The van der Waals surface area contributed by atoms with Gasteiger partial charge in [0.05, 0.1) is 17.8 Å². The van der Waals surface area contributed by atoms with Gasteiger partial charge in [0, 0.05) is 77.4 Å². The van der Waals surface area contributed by atoms with E-state index in [0.29, 0.717) is 36.2 Å². The number of nitrogens with zero attached hydrogens (tertiary/aromatic N) is 8. The lowest BCUT2D eigenvalue weighted by molar-refractivity contribution is -0.134. The van der Waals surface area contributed by atoms with Crippen LogP contribution in [-0.4, -0.2) is 118 Å². The van der Waals surface area contributed by atoms with Crippen molar-refractivity contribution in [3.63, 3.8) is 0 Å². The van der Waals surface area contributed by atoms with E-state index in [1.807, 2.05) is 24.4 Å². The van der Waals surface area contributed by atoms with Crippen LogP contribution in [0, 0.1) is 0 Å². The zero-order valence-corrected chi connectivity index (χ0v) is 31.5. The molecule has 1 aliphatic carbocycles. The van der Waals surface area contributed by atoms with Gasteiger partial charge >= 0.3 is 0 Å². The summed E-state index contributed by atoms with van der Waals surface area (Å²) in [5, 5.41) is 6.67. The van der Waals surface area contributed by atoms with Gasteiger partial charge in [-0.25, -0.2) is 9.97 Å². The summed E-state index contributed by atoms with van der Waals surface area (Å²) in [6.45, 7) is 8.30. The van der Waals surface area contributed by atoms with Gasteiger partial charge in [0.25, 0.3) is 5.91 Å². The van der Waals surface area contributed by atoms with Gasteiger partial charge in [-0.1, -0.05) is 37.1 Å². The number of amides is 3. The molecule has 3 saturated heterocycles. The molecule has 6 heterocycles. The first-order chi connectivity index (χ1) is 26.3. The highest BCUT2D eigenvalue weighted by molar-refractivity contribution is 6.01. The lowest BCUT2D eigenvalue weighted by Gasteiger charge is -2.38. The molecule has 4 fully saturated rings. The van der Waals surface area contributed by atoms with Gasteiger partial charge in [-0.2, -0.15) is 4.98 Å². The van der Waals surface area contributed by atoms with Crippen molar-refractivity contribution in [2.24, 2.45) is 0 Å². The predicted molar refractivity (Wildman–Crippen MR) is 209 cm³/mol. The number of aromatic nitrogens is 4. The molecule has 1 saturated carbocycles. The molecule has 54 heavy (non-hydrogen) atoms. The van der Waals surface area contributed by atoms with E-state index in [1.54, 1.807) is 25.2 Å². The summed E-state index contributed by atoms with van der Waals surface area (Å²) in [6, 6.07) is 14.8. The molecule has 3 amide bonds. The third-order valence-corrected chi connectivity index (χ3v) is 12.0. The van der Waals surface area contributed by atoms with Gasteiger partial charge in [-0.3, -0.25) is 24.6 Å². The Bertz CT molecular complexity index is 1970. The maximum absolute atomic E-state index is 13.1. The number of rotatable bonds is 10. The fraction of sp³-hybridized carbons (Fsp3) is 0.512. The molecule has 1 aromatic carbocycles. The summed E-state index contributed by atoms with van der Waals surface area (Å²) >= 11 is 0. The van der Waals surface area contributed by atoms with E-state index < -0.39 is 0 Å². The quantitative estimate of drug-likeness (QED) is 0.217. The highest BCUT2D eigenvalue weighted by Gasteiger charge is 2.30. The molecule has 2 N–H and O–H groups in total. The molecule has 13 nitrogen and oxygen atoms in total. The van der Waals surface area contributed by atoms with Crippen molar-refractivity contribution in [2.75, 3.05) is 76.7 Å². The molecule has 0 spiro atoms. The molecular weight excluding hydrogens is 681 g/mol. The Hall–Kier alpha value is -4.88. The second-order valence-electron chi connectivity index (χ2n) is 15.7. The number of imide groups is 1. The van der Waals surface area contributed by atoms with Crippen LogP contribution in [0.4, 0.5) is 17.5 Å². The van der Waals surface area contributed by atoms with Gasteiger partial charge in [0.1, 0.15) is 17.2 Å². The van der Waals surface area contributed by atoms with Crippen LogP contribution in [0.5, 0.6) is 0 Å². The molecule has 0 radical (unpaired) electrons. The van der Waals surface area contributed by atoms with Gasteiger partial charge in [-0.15, -0.1) is 0 Å². The van der Waals surface area contributed by atoms with Crippen LogP contribution < -0.4 is 15.5 Å². The fourth-order valence-corrected chi connectivity index (χ4v) is 8.80. The van der Waals surface area contributed by atoms with E-state index in [0.717, 1.165) is 113 Å². The fourth-order valence-electron chi connectivity index (χ4n) is 8.80. The van der Waals surface area contributed by atoms with Crippen molar-refractivity contribution >= 4 is 46.2 Å². The van der Waals surface area contributed by atoms with E-state index in [1.165, 1.54) is 5.56 Å². The molecular formula is C41H52N10O3. The van der Waals surface area contributed by atoms with E-state index >= 15 is 0 Å². The first-order valence-corrected chi connectivity index (χ1v) is 19.7. The number of nitrogens with one attached hydrogen (secondary N) is 2. The maximum Gasteiger partial charge on any atom is 0.270 e. The number of hydrogen-bond donors (Lipinski definition) is 2. The van der Waals surface area contributed by atoms with Crippen LogP contribution in [0.1, 0.15) is 90.9 Å². The number of carbonyl (C=O) groups is 3. The summed E-state index contributed by atoms with van der Waals surface area (Å²) in [6.07, 6.45) is 11.4. The van der Waals surface area contributed by atoms with Crippen LogP contribution in [0.25, 0.3) is 11.0 Å². The number of likely N-dealkylation sites (tertiary alicyclic amines) is 1. The maximum atomic E-state index is 13.1. The summed E-state index contributed by atoms with van der Waals surface area (Å²) in [5.41, 5.74) is 4.92. The molecule has 4 aromatic rings. The monoisotopic (exact) mass is 732 g/mol. The first-order valence-electron chi connectivity index (χ1n) is 19.7. The SMILES string of the molecule is CN(C)C(=O)c1cc2cnc(Nc3ccc(N4CCN(CCN5CCC(c6cccc(C7CCC(=O)NC7=O)c6)CC5)CC4)cn3)nc2n1C1CCCC1. The van der Waals surface area contributed by atoms with Crippen LogP contribution in [0.15, 0.2) is 54.9 Å². The Morgan fingerprint density at radius 1 is 0.852 bits per heavy atom. The number of fused-ring (bicyclic) bond motifs is 1. The minimum atomic E-state index is -0.227. The van der Waals surface area contributed by atoms with E-state index in [2.05, 4.69) is 59.1 Å². The Morgan fingerprint density at radius 3 is 2.30 bits per heavy atom. The molecule has 0 bridgehead atoms. The number of piperazine rings is 1. The third-order valence-electron chi connectivity index (χ3n) is 12.0. The molecule has 3 aromatic heterocycles. The van der Waals surface area contributed by atoms with Crippen molar-refractivity contribution in [1.82, 2.24) is 39.5 Å². The van der Waals surface area contributed by atoms with Crippen molar-refractivity contribution in [2.45, 2.75) is 69.2 Å². The Labute approximate surface area is 317 Å². The Balaban J connectivity index is 0.803. The molecule has 1 atom stereocenters. The number of hydrogen-bond acceptors (Lipinski definition) is 10. The van der Waals surface area contributed by atoms with Gasteiger partial charge in [0.15, 0.2) is 0 Å². The smallest absolute Gasteiger partial charge is 0.270 e. The van der Waals surface area contributed by atoms with Crippen LogP contribution in [0.2, 0.25) is 0 Å². The van der Waals surface area contributed by atoms with Gasteiger partial charge in [0.2, 0.25) is 17.8 Å². The molecule has 1 unspecified atom stereocenters. The zero-order valence-electron chi connectivity index (χ0n) is 31.5. The van der Waals surface area contributed by atoms with Crippen LogP contribution in [-0.2, 0) is 9.59 Å². The number of piperidine rings is 2. The van der Waals surface area contributed by atoms with E-state index in [-0.39, 0.29) is 29.7 Å². The lowest BCUT2D eigenvalue weighted by Crippen LogP contribution is -2.49. The first kappa shape index (κ1) is 36.1. The minimum absolute atomic E-state index is 0.0163. The molecule has 8 rings (SSSR count). The number of pyridine rings is 1. The average molecular weight is 733 g/mol. The van der Waals surface area contributed by atoms with Crippen molar-refractivity contribution in [3.05, 3.63) is 71.7 Å². The van der Waals surface area contributed by atoms with Crippen LogP contribution >= 0.6 is 0 Å². The number of carbonyl (C=O) groups excluding carboxylic acids is 3. The Morgan fingerprint density at radius 2 is 1.59 bits per heavy atom. The molecule has 3 aliphatic heterocycles. The normalized spacial score (nSPS) is 20.8. The molecule has 284 valence electrons. The highest BCUT2D eigenvalue weighted by atomic mass is 16.2. The summed E-state index contributed by atoms with van der Waals surface area (Å²) < 4.78 is 2.13. The Kier molecular flexibility index (Phi) is 10.6. The van der Waals surface area contributed by atoms with Crippen molar-refractivity contribution < 1.29 is 14.4 Å². The number of benzene rings is 1. The molecule has 13 heteroatoms. The standard InChI is InChI=1S/C41H52N10O3/c1-47(2)40(54)35-25-31-26-43-41(46-38(31)51(35)32-8-3-4-9-32)44-36-12-10-33(27-42-36)50-22-20-49(21-23-50)19-18-48-16-14-28(15-17-48)29-6-5-7-30(24-29)34-11-13-37(52)45-39(34)53/h5-7,10,12,24-28,32,34H,3-4,8-9,11,13-23H2,1-2H3,(H,45,52,53)(H,42,43,44,46). The van der Waals surface area contributed by atoms with Crippen molar-refractivity contribution in [3.8, 4) is 0 Å². The summed E-state index contributed by atoms with van der Waals surface area (Å²) in [7, 11) is 3.58. The summed E-state index contributed by atoms with van der Waals surface area (Å²) in [5.74, 6) is 1.09. The second-order valence-corrected chi connectivity index (χ2v) is 15.7. The van der Waals surface area contributed by atoms with Gasteiger partial charge < -0.3 is 24.6 Å². The largest absolute Gasteiger partial charge is 0.368 e. The second kappa shape index (κ2) is 15.8. The zero-order chi connectivity index (χ0) is 37.2. The van der Waals surface area contributed by atoms with Crippen LogP contribution in [0.3, 0.4) is 0 Å². The minimum Gasteiger partial charge on any atom is -0.368 e.